The SMILES string of the molecule is C=C(C)C(=O)OC1CCC(Oc2c(N)cccc2N)CC1. The monoisotopic (exact) mass is 290 g/mol. The summed E-state index contributed by atoms with van der Waals surface area (Å²) in [6, 6.07) is 5.34. The molecule has 0 saturated heterocycles. The van der Waals surface area contributed by atoms with E-state index in [1.165, 1.54) is 0 Å². The molecule has 0 spiro atoms. The number of esters is 1. The fourth-order valence-electron chi connectivity index (χ4n) is 2.40. The van der Waals surface area contributed by atoms with E-state index in [0.717, 1.165) is 25.7 Å². The highest BCUT2D eigenvalue weighted by Gasteiger charge is 2.26. The molecular formula is C16H22N2O3. The molecule has 114 valence electrons. The molecule has 0 heterocycles. The minimum Gasteiger partial charge on any atom is -0.486 e. The first-order valence-corrected chi connectivity index (χ1v) is 7.14. The van der Waals surface area contributed by atoms with E-state index in [1.807, 2.05) is 0 Å². The van der Waals surface area contributed by atoms with Gasteiger partial charge in [0.2, 0.25) is 0 Å². The van der Waals surface area contributed by atoms with Crippen LogP contribution in [0.3, 0.4) is 0 Å². The fraction of sp³-hybridized carbons (Fsp3) is 0.438. The van der Waals surface area contributed by atoms with E-state index in [1.54, 1.807) is 25.1 Å². The summed E-state index contributed by atoms with van der Waals surface area (Å²) in [6.07, 6.45) is 3.16. The van der Waals surface area contributed by atoms with Gasteiger partial charge < -0.3 is 20.9 Å². The van der Waals surface area contributed by atoms with Gasteiger partial charge in [0.15, 0.2) is 5.75 Å². The fourth-order valence-corrected chi connectivity index (χ4v) is 2.40. The third kappa shape index (κ3) is 3.90. The molecule has 21 heavy (non-hydrogen) atoms. The van der Waals surface area contributed by atoms with Crippen molar-refractivity contribution in [2.75, 3.05) is 11.5 Å². The molecule has 0 aromatic heterocycles. The summed E-state index contributed by atoms with van der Waals surface area (Å²) in [5.41, 5.74) is 13.3. The molecule has 1 aliphatic carbocycles. The van der Waals surface area contributed by atoms with E-state index in [4.69, 9.17) is 20.9 Å². The van der Waals surface area contributed by atoms with Crippen LogP contribution in [0.4, 0.5) is 11.4 Å². The predicted octanol–water partition coefficient (Wildman–Crippen LogP) is 2.66. The number of carbonyl (C=O) groups excluding carboxylic acids is 1. The van der Waals surface area contributed by atoms with Crippen LogP contribution >= 0.6 is 0 Å². The van der Waals surface area contributed by atoms with Gasteiger partial charge in [-0.05, 0) is 44.7 Å². The first-order chi connectivity index (χ1) is 9.97. The Morgan fingerprint density at radius 3 is 2.19 bits per heavy atom. The minimum atomic E-state index is -0.323. The lowest BCUT2D eigenvalue weighted by Gasteiger charge is -2.29. The lowest BCUT2D eigenvalue weighted by Crippen LogP contribution is -2.30. The Bertz CT molecular complexity index is 514. The van der Waals surface area contributed by atoms with Crippen LogP contribution in [0.15, 0.2) is 30.4 Å². The topological polar surface area (TPSA) is 87.6 Å². The predicted molar refractivity (Wildman–Crippen MR) is 82.8 cm³/mol. The summed E-state index contributed by atoms with van der Waals surface area (Å²) < 4.78 is 11.3. The van der Waals surface area contributed by atoms with Crippen LogP contribution in [-0.4, -0.2) is 18.2 Å². The molecule has 1 aromatic rings. The highest BCUT2D eigenvalue weighted by atomic mass is 16.5. The van der Waals surface area contributed by atoms with Gasteiger partial charge in [-0.1, -0.05) is 12.6 Å². The van der Waals surface area contributed by atoms with Crippen LogP contribution in [0.1, 0.15) is 32.6 Å². The van der Waals surface area contributed by atoms with Crippen molar-refractivity contribution >= 4 is 17.3 Å². The molecule has 0 amide bonds. The van der Waals surface area contributed by atoms with Crippen LogP contribution in [0, 0.1) is 0 Å². The van der Waals surface area contributed by atoms with Crippen molar-refractivity contribution in [2.24, 2.45) is 0 Å². The van der Waals surface area contributed by atoms with Gasteiger partial charge in [0.25, 0.3) is 0 Å². The quantitative estimate of drug-likeness (QED) is 0.505. The molecular weight excluding hydrogens is 268 g/mol. The Labute approximate surface area is 124 Å². The number of nitrogens with two attached hydrogens (primary N) is 2. The second-order valence-electron chi connectivity index (χ2n) is 5.47. The number of para-hydroxylation sites is 1. The largest absolute Gasteiger partial charge is 0.486 e. The molecule has 0 unspecified atom stereocenters. The number of nitrogen functional groups attached to an aromatic ring is 2. The lowest BCUT2D eigenvalue weighted by atomic mass is 9.95. The van der Waals surface area contributed by atoms with Crippen molar-refractivity contribution in [1.82, 2.24) is 0 Å². The molecule has 1 aromatic carbocycles. The standard InChI is InChI=1S/C16H22N2O3/c1-10(2)16(19)21-12-8-6-11(7-9-12)20-15-13(17)4-3-5-14(15)18/h3-5,11-12H,1,6-9,17-18H2,2H3. The lowest BCUT2D eigenvalue weighted by molar-refractivity contribution is -0.146. The first-order valence-electron chi connectivity index (χ1n) is 7.14. The molecule has 1 fully saturated rings. The second-order valence-corrected chi connectivity index (χ2v) is 5.47. The Balaban J connectivity index is 1.87. The number of rotatable bonds is 4. The molecule has 1 aliphatic rings. The minimum absolute atomic E-state index is 0.0526. The van der Waals surface area contributed by atoms with E-state index >= 15 is 0 Å². The summed E-state index contributed by atoms with van der Waals surface area (Å²) in [4.78, 5) is 11.5. The number of anilines is 2. The van der Waals surface area contributed by atoms with Crippen LogP contribution < -0.4 is 16.2 Å². The summed E-state index contributed by atoms with van der Waals surface area (Å²) >= 11 is 0. The first kappa shape index (κ1) is 15.2. The van der Waals surface area contributed by atoms with Gasteiger partial charge in [0.1, 0.15) is 6.10 Å². The Hall–Kier alpha value is -2.17. The van der Waals surface area contributed by atoms with E-state index in [2.05, 4.69) is 6.58 Å². The molecule has 0 bridgehead atoms. The zero-order valence-electron chi connectivity index (χ0n) is 12.3. The number of hydrogen-bond donors (Lipinski definition) is 2. The highest BCUT2D eigenvalue weighted by molar-refractivity contribution is 5.87. The van der Waals surface area contributed by atoms with Gasteiger partial charge in [0.05, 0.1) is 17.5 Å². The third-order valence-corrected chi connectivity index (χ3v) is 3.60. The summed E-state index contributed by atoms with van der Waals surface area (Å²) in [5, 5.41) is 0. The zero-order valence-corrected chi connectivity index (χ0v) is 12.3. The normalized spacial score (nSPS) is 21.6. The van der Waals surface area contributed by atoms with Gasteiger partial charge in [0, 0.05) is 5.57 Å². The molecule has 5 heteroatoms. The average molecular weight is 290 g/mol. The van der Waals surface area contributed by atoms with Crippen LogP contribution in [-0.2, 0) is 9.53 Å². The van der Waals surface area contributed by atoms with Crippen molar-refractivity contribution in [2.45, 2.75) is 44.8 Å². The summed E-state index contributed by atoms with van der Waals surface area (Å²) in [5.74, 6) is 0.232. The molecule has 0 aliphatic heterocycles. The molecule has 4 N–H and O–H groups in total. The van der Waals surface area contributed by atoms with Gasteiger partial charge >= 0.3 is 5.97 Å². The van der Waals surface area contributed by atoms with Crippen molar-refractivity contribution in [3.05, 3.63) is 30.4 Å². The van der Waals surface area contributed by atoms with Crippen LogP contribution in [0.25, 0.3) is 0 Å². The Morgan fingerprint density at radius 2 is 1.67 bits per heavy atom. The molecule has 0 radical (unpaired) electrons. The smallest absolute Gasteiger partial charge is 0.333 e. The average Bonchev–Trinajstić information content (AvgIpc) is 2.44. The van der Waals surface area contributed by atoms with Crippen molar-refractivity contribution in [3.63, 3.8) is 0 Å². The maximum Gasteiger partial charge on any atom is 0.333 e. The van der Waals surface area contributed by atoms with Gasteiger partial charge in [-0.15, -0.1) is 0 Å². The zero-order chi connectivity index (χ0) is 15.4. The number of ether oxygens (including phenoxy) is 2. The number of hydrogen-bond acceptors (Lipinski definition) is 5. The van der Waals surface area contributed by atoms with Crippen molar-refractivity contribution in [3.8, 4) is 5.75 Å². The highest BCUT2D eigenvalue weighted by Crippen LogP contribution is 2.33. The van der Waals surface area contributed by atoms with E-state index < -0.39 is 0 Å². The van der Waals surface area contributed by atoms with E-state index in [0.29, 0.717) is 22.7 Å². The van der Waals surface area contributed by atoms with Gasteiger partial charge in [-0.2, -0.15) is 0 Å². The Morgan fingerprint density at radius 1 is 1.14 bits per heavy atom. The Kier molecular flexibility index (Phi) is 4.73. The van der Waals surface area contributed by atoms with Crippen molar-refractivity contribution < 1.29 is 14.3 Å². The molecule has 0 atom stereocenters. The maximum atomic E-state index is 11.5. The van der Waals surface area contributed by atoms with Crippen LogP contribution in [0.2, 0.25) is 0 Å². The number of carbonyl (C=O) groups is 1. The number of benzene rings is 1. The molecule has 1 saturated carbocycles. The maximum absolute atomic E-state index is 11.5. The van der Waals surface area contributed by atoms with E-state index in [9.17, 15) is 4.79 Å². The van der Waals surface area contributed by atoms with Gasteiger partial charge in [-0.25, -0.2) is 4.79 Å². The summed E-state index contributed by atoms with van der Waals surface area (Å²) in [7, 11) is 0. The van der Waals surface area contributed by atoms with E-state index in [-0.39, 0.29) is 18.2 Å². The molecule has 2 rings (SSSR count). The van der Waals surface area contributed by atoms with Gasteiger partial charge in [-0.3, -0.25) is 0 Å². The second kappa shape index (κ2) is 6.52. The third-order valence-electron chi connectivity index (χ3n) is 3.60. The van der Waals surface area contributed by atoms with Crippen LogP contribution in [0.5, 0.6) is 5.75 Å². The summed E-state index contributed by atoms with van der Waals surface area (Å²) in [6.45, 7) is 5.23. The van der Waals surface area contributed by atoms with Crippen molar-refractivity contribution in [1.29, 1.82) is 0 Å². The molecule has 5 nitrogen and oxygen atoms in total.